The molecule has 6 heteroatoms. The summed E-state index contributed by atoms with van der Waals surface area (Å²) in [6, 6.07) is 0.202. The van der Waals surface area contributed by atoms with Crippen molar-refractivity contribution in [3.8, 4) is 0 Å². The molecule has 2 aliphatic rings. The molecule has 3 rings (SSSR count). The maximum Gasteiger partial charge on any atom is 0.301 e. The highest BCUT2D eigenvalue weighted by Gasteiger charge is 2.70. The summed E-state index contributed by atoms with van der Waals surface area (Å²) in [4.78, 5) is 16.7. The van der Waals surface area contributed by atoms with E-state index in [4.69, 9.17) is 14.9 Å². The lowest BCUT2D eigenvalue weighted by Gasteiger charge is -2.64. The van der Waals surface area contributed by atoms with E-state index in [0.29, 0.717) is 0 Å². The summed E-state index contributed by atoms with van der Waals surface area (Å²) >= 11 is 0. The number of hydrogen-bond donors (Lipinski definition) is 2. The number of carbonyl (C=O) groups excluding carboxylic acids is 1. The predicted octanol–water partition coefficient (Wildman–Crippen LogP) is 1.45. The van der Waals surface area contributed by atoms with Gasteiger partial charge in [0.25, 0.3) is 0 Å². The molecule has 0 aromatic carbocycles. The topological polar surface area (TPSA) is 90.4 Å². The van der Waals surface area contributed by atoms with Gasteiger partial charge in [-0.3, -0.25) is 10.1 Å². The van der Waals surface area contributed by atoms with Crippen molar-refractivity contribution in [1.29, 1.82) is 0 Å². The molecule has 20 heavy (non-hydrogen) atoms. The standard InChI is InChI=1S/C14H21N3O3/c1-8-7-20-12(16-8)17-11(18)14(15)9-5-4-6-19-10(9)13(14,2)3/h7,9-10H,4-6,15H2,1-3H3,(H,16,17,18). The molecule has 2 heterocycles. The van der Waals surface area contributed by atoms with E-state index in [1.807, 2.05) is 13.8 Å². The highest BCUT2D eigenvalue weighted by atomic mass is 16.5. The highest BCUT2D eigenvalue weighted by molar-refractivity contribution is 5.98. The van der Waals surface area contributed by atoms with E-state index in [1.54, 1.807) is 6.92 Å². The Bertz CT molecular complexity index is 540. The molecule has 6 nitrogen and oxygen atoms in total. The largest absolute Gasteiger partial charge is 0.432 e. The van der Waals surface area contributed by atoms with Crippen molar-refractivity contribution in [3.63, 3.8) is 0 Å². The molecule has 3 unspecified atom stereocenters. The molecule has 3 N–H and O–H groups in total. The fraction of sp³-hybridized carbons (Fsp3) is 0.714. The minimum atomic E-state index is -0.944. The van der Waals surface area contributed by atoms with Gasteiger partial charge in [-0.05, 0) is 19.8 Å². The number of anilines is 1. The molecule has 1 aliphatic carbocycles. The number of fused-ring (bicyclic) bond motifs is 1. The number of nitrogens with two attached hydrogens (primary N) is 1. The van der Waals surface area contributed by atoms with Crippen LogP contribution in [0.25, 0.3) is 0 Å². The zero-order valence-corrected chi connectivity index (χ0v) is 12.1. The summed E-state index contributed by atoms with van der Waals surface area (Å²) in [5, 5.41) is 2.70. The van der Waals surface area contributed by atoms with Crippen LogP contribution < -0.4 is 11.1 Å². The van der Waals surface area contributed by atoms with Crippen molar-refractivity contribution >= 4 is 11.9 Å². The summed E-state index contributed by atoms with van der Waals surface area (Å²) < 4.78 is 11.0. The zero-order chi connectivity index (χ0) is 14.5. The Morgan fingerprint density at radius 1 is 1.55 bits per heavy atom. The minimum absolute atomic E-state index is 0.0540. The highest BCUT2D eigenvalue weighted by Crippen LogP contribution is 2.57. The van der Waals surface area contributed by atoms with E-state index in [1.165, 1.54) is 6.26 Å². The van der Waals surface area contributed by atoms with Gasteiger partial charge in [0.15, 0.2) is 0 Å². The number of aromatic nitrogens is 1. The lowest BCUT2D eigenvalue weighted by atomic mass is 9.46. The van der Waals surface area contributed by atoms with Crippen LogP contribution >= 0.6 is 0 Å². The molecule has 0 bridgehead atoms. The van der Waals surface area contributed by atoms with Gasteiger partial charge in [0, 0.05) is 17.9 Å². The first-order valence-corrected chi connectivity index (χ1v) is 7.01. The van der Waals surface area contributed by atoms with E-state index in [9.17, 15) is 4.79 Å². The molecular formula is C14H21N3O3. The van der Waals surface area contributed by atoms with E-state index in [-0.39, 0.29) is 23.9 Å². The van der Waals surface area contributed by atoms with Crippen LogP contribution in [0.1, 0.15) is 32.4 Å². The third-order valence-corrected chi connectivity index (χ3v) is 4.90. The van der Waals surface area contributed by atoms with Gasteiger partial charge in [-0.15, -0.1) is 0 Å². The summed E-state index contributed by atoms with van der Waals surface area (Å²) in [6.45, 7) is 6.52. The van der Waals surface area contributed by atoms with Crippen molar-refractivity contribution < 1.29 is 13.9 Å². The van der Waals surface area contributed by atoms with Gasteiger partial charge >= 0.3 is 6.01 Å². The summed E-state index contributed by atoms with van der Waals surface area (Å²) in [7, 11) is 0. The Balaban J connectivity index is 1.82. The third kappa shape index (κ3) is 1.64. The number of oxazole rings is 1. The van der Waals surface area contributed by atoms with Gasteiger partial charge in [0.1, 0.15) is 11.8 Å². The van der Waals surface area contributed by atoms with Gasteiger partial charge in [0.05, 0.1) is 11.8 Å². The molecule has 3 atom stereocenters. The Morgan fingerprint density at radius 2 is 2.30 bits per heavy atom. The fourth-order valence-corrected chi connectivity index (χ4v) is 3.65. The Hall–Kier alpha value is -1.40. The number of amides is 1. The van der Waals surface area contributed by atoms with Crippen LogP contribution in [0.15, 0.2) is 10.7 Å². The van der Waals surface area contributed by atoms with Crippen LogP contribution in [0.2, 0.25) is 0 Å². The molecule has 1 amide bonds. The summed E-state index contributed by atoms with van der Waals surface area (Å²) in [6.07, 6.45) is 3.42. The monoisotopic (exact) mass is 279 g/mol. The van der Waals surface area contributed by atoms with Gasteiger partial charge in [-0.2, -0.15) is 4.98 Å². The summed E-state index contributed by atoms with van der Waals surface area (Å²) in [5.74, 6) is -0.182. The maximum atomic E-state index is 12.6. The van der Waals surface area contributed by atoms with Crippen LogP contribution in [-0.4, -0.2) is 29.1 Å². The van der Waals surface area contributed by atoms with Crippen LogP contribution in [0.3, 0.4) is 0 Å². The SMILES string of the molecule is Cc1coc(NC(=O)C2(N)C3CCCOC3C2(C)C)n1. The fourth-order valence-electron chi connectivity index (χ4n) is 3.65. The molecule has 2 fully saturated rings. The predicted molar refractivity (Wildman–Crippen MR) is 73.0 cm³/mol. The average Bonchev–Trinajstić information content (AvgIpc) is 2.83. The molecular weight excluding hydrogens is 258 g/mol. The second-order valence-electron chi connectivity index (χ2n) is 6.38. The van der Waals surface area contributed by atoms with Crippen LogP contribution in [-0.2, 0) is 9.53 Å². The Labute approximate surface area is 118 Å². The lowest BCUT2D eigenvalue weighted by molar-refractivity contribution is -0.222. The second kappa shape index (κ2) is 4.30. The first kappa shape index (κ1) is 13.6. The van der Waals surface area contributed by atoms with Gasteiger partial charge in [0.2, 0.25) is 5.91 Å². The molecule has 110 valence electrons. The average molecular weight is 279 g/mol. The van der Waals surface area contributed by atoms with E-state index in [2.05, 4.69) is 10.3 Å². The third-order valence-electron chi connectivity index (χ3n) is 4.90. The molecule has 0 radical (unpaired) electrons. The number of hydrogen-bond acceptors (Lipinski definition) is 5. The lowest BCUT2D eigenvalue weighted by Crippen LogP contribution is -2.81. The van der Waals surface area contributed by atoms with Crippen molar-refractivity contribution in [2.24, 2.45) is 17.1 Å². The number of carbonyl (C=O) groups is 1. The second-order valence-corrected chi connectivity index (χ2v) is 6.38. The zero-order valence-electron chi connectivity index (χ0n) is 12.1. The summed E-state index contributed by atoms with van der Waals surface area (Å²) in [5.41, 5.74) is 5.85. The molecule has 1 aromatic heterocycles. The van der Waals surface area contributed by atoms with Crippen LogP contribution in [0.5, 0.6) is 0 Å². The Morgan fingerprint density at radius 3 is 2.95 bits per heavy atom. The number of aryl methyl sites for hydroxylation is 1. The number of ether oxygens (including phenoxy) is 1. The van der Waals surface area contributed by atoms with E-state index in [0.717, 1.165) is 25.1 Å². The number of nitrogens with one attached hydrogen (secondary N) is 1. The Kier molecular flexibility index (Phi) is 2.92. The van der Waals surface area contributed by atoms with Crippen molar-refractivity contribution in [1.82, 2.24) is 4.98 Å². The normalized spacial score (nSPS) is 35.0. The molecule has 1 saturated heterocycles. The van der Waals surface area contributed by atoms with Gasteiger partial charge in [-0.25, -0.2) is 0 Å². The van der Waals surface area contributed by atoms with Crippen LogP contribution in [0.4, 0.5) is 6.01 Å². The molecule has 1 aliphatic heterocycles. The number of rotatable bonds is 2. The molecule has 0 spiro atoms. The minimum Gasteiger partial charge on any atom is -0.432 e. The van der Waals surface area contributed by atoms with Gasteiger partial charge in [-0.1, -0.05) is 13.8 Å². The first-order chi connectivity index (χ1) is 9.37. The number of nitrogens with zero attached hydrogens (tertiary/aromatic N) is 1. The van der Waals surface area contributed by atoms with E-state index < -0.39 is 11.0 Å². The van der Waals surface area contributed by atoms with Crippen molar-refractivity contribution in [3.05, 3.63) is 12.0 Å². The quantitative estimate of drug-likeness (QED) is 0.855. The van der Waals surface area contributed by atoms with Gasteiger partial charge < -0.3 is 14.9 Å². The molecule has 1 saturated carbocycles. The first-order valence-electron chi connectivity index (χ1n) is 7.01. The van der Waals surface area contributed by atoms with E-state index >= 15 is 0 Å². The smallest absolute Gasteiger partial charge is 0.301 e. The van der Waals surface area contributed by atoms with Crippen LogP contribution in [0, 0.1) is 18.3 Å². The molecule has 1 aromatic rings. The van der Waals surface area contributed by atoms with Crippen molar-refractivity contribution in [2.75, 3.05) is 11.9 Å². The maximum absolute atomic E-state index is 12.6. The van der Waals surface area contributed by atoms with Crippen molar-refractivity contribution in [2.45, 2.75) is 45.3 Å².